The number of anilines is 1. The van der Waals surface area contributed by atoms with Gasteiger partial charge >= 0.3 is 6.03 Å². The molecule has 23 heavy (non-hydrogen) atoms. The van der Waals surface area contributed by atoms with E-state index in [-0.39, 0.29) is 11.8 Å². The van der Waals surface area contributed by atoms with Crippen LogP contribution in [0.25, 0.3) is 0 Å². The fourth-order valence-corrected chi connectivity index (χ4v) is 4.18. The summed E-state index contributed by atoms with van der Waals surface area (Å²) in [6, 6.07) is 6.64. The monoisotopic (exact) mass is 357 g/mol. The first-order valence-electron chi connectivity index (χ1n) is 7.51. The molecule has 128 valence electrons. The summed E-state index contributed by atoms with van der Waals surface area (Å²) in [4.78, 5) is 14.2. The summed E-state index contributed by atoms with van der Waals surface area (Å²) < 4.78 is 22.3. The lowest BCUT2D eigenvalue weighted by molar-refractivity contribution is 0.183. The van der Waals surface area contributed by atoms with Crippen molar-refractivity contribution < 1.29 is 13.2 Å². The number of thioether (sulfide) groups is 1. The molecule has 1 atom stereocenters. The number of nitrogens with one attached hydrogen (secondary N) is 1. The molecule has 1 aliphatic heterocycles. The van der Waals surface area contributed by atoms with Crippen molar-refractivity contribution in [1.82, 2.24) is 4.90 Å². The molecule has 8 heteroatoms. The molecule has 6 nitrogen and oxygen atoms in total. The van der Waals surface area contributed by atoms with E-state index < -0.39 is 10.0 Å². The maximum absolute atomic E-state index is 12.4. The maximum Gasteiger partial charge on any atom is 0.321 e. The molecular formula is C15H23N3O3S2. The van der Waals surface area contributed by atoms with E-state index in [4.69, 9.17) is 5.14 Å². The number of hydrogen-bond acceptors (Lipinski definition) is 4. The molecule has 0 aliphatic carbocycles. The van der Waals surface area contributed by atoms with Crippen molar-refractivity contribution in [3.05, 3.63) is 29.8 Å². The Kier molecular flexibility index (Phi) is 6.32. The Hall–Kier alpha value is -1.25. The van der Waals surface area contributed by atoms with Crippen molar-refractivity contribution in [2.75, 3.05) is 30.4 Å². The predicted molar refractivity (Wildman–Crippen MR) is 95.0 cm³/mol. The molecule has 2 rings (SSSR count). The maximum atomic E-state index is 12.4. The second-order valence-corrected chi connectivity index (χ2v) is 8.37. The van der Waals surface area contributed by atoms with Gasteiger partial charge in [-0.2, -0.15) is 11.8 Å². The topological polar surface area (TPSA) is 92.5 Å². The summed E-state index contributed by atoms with van der Waals surface area (Å²) in [5.41, 5.74) is 1.15. The minimum absolute atomic E-state index is 0.136. The average Bonchev–Trinajstić information content (AvgIpc) is 2.46. The van der Waals surface area contributed by atoms with Crippen LogP contribution in [0.2, 0.25) is 0 Å². The van der Waals surface area contributed by atoms with Crippen LogP contribution in [0.15, 0.2) is 24.3 Å². The number of rotatable bonds is 5. The van der Waals surface area contributed by atoms with E-state index >= 15 is 0 Å². The number of sulfonamides is 1. The van der Waals surface area contributed by atoms with Crippen LogP contribution in [-0.2, 0) is 15.8 Å². The van der Waals surface area contributed by atoms with Crippen LogP contribution >= 0.6 is 11.8 Å². The van der Waals surface area contributed by atoms with Gasteiger partial charge in [0.25, 0.3) is 0 Å². The Morgan fingerprint density at radius 3 is 2.96 bits per heavy atom. The molecule has 1 fully saturated rings. The van der Waals surface area contributed by atoms with Crippen molar-refractivity contribution in [2.24, 2.45) is 11.1 Å². The first-order chi connectivity index (χ1) is 10.9. The number of carbonyl (C=O) groups is 1. The van der Waals surface area contributed by atoms with Gasteiger partial charge in [0, 0.05) is 18.8 Å². The van der Waals surface area contributed by atoms with Crippen LogP contribution in [0.1, 0.15) is 18.4 Å². The first kappa shape index (κ1) is 18.1. The van der Waals surface area contributed by atoms with Crippen LogP contribution in [0.5, 0.6) is 0 Å². The highest BCUT2D eigenvalue weighted by Crippen LogP contribution is 2.21. The number of amides is 2. The number of urea groups is 1. The highest BCUT2D eigenvalue weighted by Gasteiger charge is 2.23. The van der Waals surface area contributed by atoms with E-state index in [0.29, 0.717) is 17.2 Å². The number of nitrogens with two attached hydrogens (primary N) is 1. The first-order valence-corrected chi connectivity index (χ1v) is 10.6. The van der Waals surface area contributed by atoms with Crippen LogP contribution in [0, 0.1) is 5.92 Å². The second-order valence-electron chi connectivity index (χ2n) is 5.85. The lowest BCUT2D eigenvalue weighted by atomic mass is 10.0. The molecule has 1 saturated heterocycles. The highest BCUT2D eigenvalue weighted by molar-refractivity contribution is 7.98. The standard InChI is InChI=1S/C15H23N3O3S2/c1-22-10-13-5-3-7-18(9-13)15(19)17-14-6-2-4-12(8-14)11-23(16,20)21/h2,4,6,8,13H,3,5,7,9-11H2,1H3,(H,17,19)(H2,16,20,21). The number of nitrogens with zero attached hydrogens (tertiary/aromatic N) is 1. The van der Waals surface area contributed by atoms with Gasteiger partial charge in [-0.05, 0) is 48.5 Å². The second kappa shape index (κ2) is 8.03. The summed E-state index contributed by atoms with van der Waals surface area (Å²) in [6.45, 7) is 1.52. The number of hydrogen-bond donors (Lipinski definition) is 2. The number of carbonyl (C=O) groups excluding carboxylic acids is 1. The van der Waals surface area contributed by atoms with Crippen molar-refractivity contribution in [3.63, 3.8) is 0 Å². The third-order valence-electron chi connectivity index (χ3n) is 3.75. The SMILES string of the molecule is CSCC1CCCN(C(=O)Nc2cccc(CS(N)(=O)=O)c2)C1. The van der Waals surface area contributed by atoms with Gasteiger partial charge in [0.1, 0.15) is 0 Å². The highest BCUT2D eigenvalue weighted by atomic mass is 32.2. The van der Waals surface area contributed by atoms with Gasteiger partial charge < -0.3 is 10.2 Å². The molecule has 2 amide bonds. The normalized spacial score (nSPS) is 18.7. The largest absolute Gasteiger partial charge is 0.324 e. The molecule has 0 bridgehead atoms. The number of benzene rings is 1. The third kappa shape index (κ3) is 6.04. The average molecular weight is 358 g/mol. The van der Waals surface area contributed by atoms with Crippen LogP contribution in [-0.4, -0.2) is 44.4 Å². The molecule has 0 aromatic heterocycles. The molecule has 1 unspecified atom stereocenters. The van der Waals surface area contributed by atoms with Gasteiger partial charge in [-0.1, -0.05) is 12.1 Å². The number of primary sulfonamides is 1. The zero-order valence-electron chi connectivity index (χ0n) is 13.2. The lowest BCUT2D eigenvalue weighted by Crippen LogP contribution is -2.42. The Morgan fingerprint density at radius 1 is 1.48 bits per heavy atom. The quantitative estimate of drug-likeness (QED) is 0.844. The summed E-state index contributed by atoms with van der Waals surface area (Å²) in [6.07, 6.45) is 4.26. The Bertz CT molecular complexity index is 647. The Morgan fingerprint density at radius 2 is 2.26 bits per heavy atom. The molecule has 0 radical (unpaired) electrons. The van der Waals surface area contributed by atoms with Gasteiger partial charge in [-0.3, -0.25) is 0 Å². The molecule has 1 aromatic carbocycles. The van der Waals surface area contributed by atoms with Gasteiger partial charge in [-0.25, -0.2) is 18.4 Å². The molecule has 1 aliphatic rings. The van der Waals surface area contributed by atoms with Gasteiger partial charge in [0.2, 0.25) is 10.0 Å². The number of likely N-dealkylation sites (tertiary alicyclic amines) is 1. The van der Waals surface area contributed by atoms with Crippen molar-refractivity contribution in [2.45, 2.75) is 18.6 Å². The van der Waals surface area contributed by atoms with Crippen LogP contribution in [0.4, 0.5) is 10.5 Å². The minimum atomic E-state index is -3.58. The molecular weight excluding hydrogens is 334 g/mol. The van der Waals surface area contributed by atoms with Crippen LogP contribution in [0.3, 0.4) is 0 Å². The summed E-state index contributed by atoms with van der Waals surface area (Å²) in [7, 11) is -3.58. The van der Waals surface area contributed by atoms with Crippen molar-refractivity contribution >= 4 is 33.5 Å². The fourth-order valence-electron chi connectivity index (χ4n) is 2.79. The molecule has 1 heterocycles. The van der Waals surface area contributed by atoms with E-state index in [2.05, 4.69) is 11.6 Å². The molecule has 0 spiro atoms. The fraction of sp³-hybridized carbons (Fsp3) is 0.533. The summed E-state index contributed by atoms with van der Waals surface area (Å²) in [5.74, 6) is 1.36. The van der Waals surface area contributed by atoms with Gasteiger partial charge in [0.15, 0.2) is 0 Å². The molecule has 1 aromatic rings. The van der Waals surface area contributed by atoms with E-state index in [0.717, 1.165) is 31.7 Å². The van der Waals surface area contributed by atoms with Crippen molar-refractivity contribution in [1.29, 1.82) is 0 Å². The molecule has 0 saturated carbocycles. The van der Waals surface area contributed by atoms with E-state index in [9.17, 15) is 13.2 Å². The zero-order chi connectivity index (χ0) is 16.9. The predicted octanol–water partition coefficient (Wildman–Crippen LogP) is 2.08. The zero-order valence-corrected chi connectivity index (χ0v) is 14.8. The Balaban J connectivity index is 1.98. The minimum Gasteiger partial charge on any atom is -0.324 e. The summed E-state index contributed by atoms with van der Waals surface area (Å²) in [5, 5.41) is 7.90. The van der Waals surface area contributed by atoms with E-state index in [1.54, 1.807) is 36.0 Å². The van der Waals surface area contributed by atoms with Gasteiger partial charge in [0.05, 0.1) is 5.75 Å². The Labute approximate surface area is 141 Å². The van der Waals surface area contributed by atoms with E-state index in [1.807, 2.05) is 4.90 Å². The van der Waals surface area contributed by atoms with Crippen LogP contribution < -0.4 is 10.5 Å². The molecule has 3 N–H and O–H groups in total. The number of piperidine rings is 1. The van der Waals surface area contributed by atoms with Gasteiger partial charge in [-0.15, -0.1) is 0 Å². The third-order valence-corrected chi connectivity index (χ3v) is 5.30. The smallest absolute Gasteiger partial charge is 0.321 e. The lowest BCUT2D eigenvalue weighted by Gasteiger charge is -2.32. The van der Waals surface area contributed by atoms with Crippen molar-refractivity contribution in [3.8, 4) is 0 Å². The van der Waals surface area contributed by atoms with E-state index in [1.165, 1.54) is 0 Å². The summed E-state index contributed by atoms with van der Waals surface area (Å²) >= 11 is 1.81.